The highest BCUT2D eigenvalue weighted by Gasteiger charge is 2.28. The molecule has 0 bridgehead atoms. The fraction of sp³-hybridized carbons (Fsp3) is 0.150. The van der Waals surface area contributed by atoms with E-state index in [1.165, 1.54) is 12.1 Å². The van der Waals surface area contributed by atoms with Crippen molar-refractivity contribution < 1.29 is 19.2 Å². The SMILES string of the molecule is C=C1NC=C(C(=O)c2ccc3c(c2)OCCO3)C(c2ccc([N+](=O)[O-])cc2)N1. The largest absolute Gasteiger partial charge is 0.486 e. The van der Waals surface area contributed by atoms with E-state index in [4.69, 9.17) is 9.47 Å². The second-order valence-corrected chi connectivity index (χ2v) is 6.34. The molecule has 0 aromatic heterocycles. The minimum atomic E-state index is -0.491. The van der Waals surface area contributed by atoms with Crippen molar-refractivity contribution in [1.82, 2.24) is 10.6 Å². The summed E-state index contributed by atoms with van der Waals surface area (Å²) in [5.41, 5.74) is 1.61. The first-order chi connectivity index (χ1) is 13.5. The Hall–Kier alpha value is -3.81. The Morgan fingerprint density at radius 1 is 1.11 bits per heavy atom. The maximum Gasteiger partial charge on any atom is 0.269 e. The first-order valence-corrected chi connectivity index (χ1v) is 8.63. The highest BCUT2D eigenvalue weighted by molar-refractivity contribution is 6.10. The highest BCUT2D eigenvalue weighted by atomic mass is 16.6. The zero-order chi connectivity index (χ0) is 19.7. The van der Waals surface area contributed by atoms with Crippen LogP contribution >= 0.6 is 0 Å². The van der Waals surface area contributed by atoms with Crippen molar-refractivity contribution in [3.8, 4) is 11.5 Å². The topological polar surface area (TPSA) is 103 Å². The summed E-state index contributed by atoms with van der Waals surface area (Å²) in [6.07, 6.45) is 1.60. The molecule has 8 heteroatoms. The van der Waals surface area contributed by atoms with Gasteiger partial charge in [-0.25, -0.2) is 0 Å². The highest BCUT2D eigenvalue weighted by Crippen LogP contribution is 2.34. The van der Waals surface area contributed by atoms with Crippen molar-refractivity contribution in [1.29, 1.82) is 0 Å². The molecular formula is C20H17N3O5. The number of ether oxygens (including phenoxy) is 2. The second kappa shape index (κ2) is 7.07. The quantitative estimate of drug-likeness (QED) is 0.478. The van der Waals surface area contributed by atoms with Gasteiger partial charge in [-0.15, -0.1) is 0 Å². The summed E-state index contributed by atoms with van der Waals surface area (Å²) in [6, 6.07) is 10.6. The van der Waals surface area contributed by atoms with E-state index in [0.29, 0.717) is 47.2 Å². The van der Waals surface area contributed by atoms with Crippen molar-refractivity contribution in [3.63, 3.8) is 0 Å². The van der Waals surface area contributed by atoms with E-state index in [0.717, 1.165) is 0 Å². The second-order valence-electron chi connectivity index (χ2n) is 6.34. The van der Waals surface area contributed by atoms with Gasteiger partial charge >= 0.3 is 0 Å². The predicted molar refractivity (Wildman–Crippen MR) is 101 cm³/mol. The van der Waals surface area contributed by atoms with Crippen molar-refractivity contribution in [2.24, 2.45) is 0 Å². The average molecular weight is 379 g/mol. The van der Waals surface area contributed by atoms with Gasteiger partial charge in [0.1, 0.15) is 13.2 Å². The Morgan fingerprint density at radius 2 is 1.82 bits per heavy atom. The fourth-order valence-electron chi connectivity index (χ4n) is 3.14. The monoisotopic (exact) mass is 379 g/mol. The third kappa shape index (κ3) is 3.27. The van der Waals surface area contributed by atoms with Crippen LogP contribution in [0, 0.1) is 10.1 Å². The van der Waals surface area contributed by atoms with Gasteiger partial charge in [-0.3, -0.25) is 14.9 Å². The lowest BCUT2D eigenvalue weighted by atomic mass is 9.91. The fourth-order valence-corrected chi connectivity index (χ4v) is 3.14. The zero-order valence-electron chi connectivity index (χ0n) is 14.8. The van der Waals surface area contributed by atoms with E-state index >= 15 is 0 Å². The molecule has 1 unspecified atom stereocenters. The molecule has 4 rings (SSSR count). The molecular weight excluding hydrogens is 362 g/mol. The number of nitrogens with one attached hydrogen (secondary N) is 2. The first-order valence-electron chi connectivity index (χ1n) is 8.63. The molecule has 0 saturated heterocycles. The number of carbonyl (C=O) groups excluding carboxylic acids is 1. The number of Topliss-reactive ketones (excluding diaryl/α,β-unsaturated/α-hetero) is 1. The van der Waals surface area contributed by atoms with Gasteiger partial charge in [0, 0.05) is 29.5 Å². The minimum absolute atomic E-state index is 0.0137. The Morgan fingerprint density at radius 3 is 2.54 bits per heavy atom. The van der Waals surface area contributed by atoms with Gasteiger partial charge in [0.2, 0.25) is 0 Å². The van der Waals surface area contributed by atoms with E-state index in [1.54, 1.807) is 36.5 Å². The molecule has 2 heterocycles. The molecule has 2 aliphatic heterocycles. The van der Waals surface area contributed by atoms with Crippen LogP contribution in [0.1, 0.15) is 22.0 Å². The number of nitrogens with zero attached hydrogens (tertiary/aromatic N) is 1. The van der Waals surface area contributed by atoms with Gasteiger partial charge in [0.15, 0.2) is 17.3 Å². The number of carbonyl (C=O) groups is 1. The summed E-state index contributed by atoms with van der Waals surface area (Å²) in [7, 11) is 0. The van der Waals surface area contributed by atoms with Crippen LogP contribution in [-0.2, 0) is 0 Å². The van der Waals surface area contributed by atoms with Gasteiger partial charge in [-0.2, -0.15) is 0 Å². The molecule has 0 saturated carbocycles. The molecule has 2 aromatic rings. The Balaban J connectivity index is 1.66. The summed E-state index contributed by atoms with van der Waals surface area (Å²) in [5, 5.41) is 16.9. The zero-order valence-corrected chi connectivity index (χ0v) is 14.8. The first kappa shape index (κ1) is 17.6. The normalized spacial score (nSPS) is 17.8. The maximum absolute atomic E-state index is 13.2. The Bertz CT molecular complexity index is 997. The van der Waals surface area contributed by atoms with Crippen LogP contribution in [-0.4, -0.2) is 23.9 Å². The van der Waals surface area contributed by atoms with Crippen molar-refractivity contribution in [2.45, 2.75) is 6.04 Å². The Labute approximate surface area is 160 Å². The van der Waals surface area contributed by atoms with Gasteiger partial charge in [-0.1, -0.05) is 6.58 Å². The van der Waals surface area contributed by atoms with E-state index in [9.17, 15) is 14.9 Å². The van der Waals surface area contributed by atoms with Crippen LogP contribution in [0.2, 0.25) is 0 Å². The molecule has 0 aliphatic carbocycles. The molecule has 0 radical (unpaired) electrons. The summed E-state index contributed by atoms with van der Waals surface area (Å²) in [4.78, 5) is 23.6. The van der Waals surface area contributed by atoms with Crippen LogP contribution in [0.25, 0.3) is 0 Å². The molecule has 2 N–H and O–H groups in total. The van der Waals surface area contributed by atoms with Crippen molar-refractivity contribution >= 4 is 11.5 Å². The summed E-state index contributed by atoms with van der Waals surface area (Å²) >= 11 is 0. The molecule has 0 spiro atoms. The van der Waals surface area contributed by atoms with Crippen LogP contribution in [0.5, 0.6) is 11.5 Å². The van der Waals surface area contributed by atoms with E-state index < -0.39 is 11.0 Å². The van der Waals surface area contributed by atoms with Gasteiger partial charge in [0.05, 0.1) is 16.8 Å². The molecule has 142 valence electrons. The smallest absolute Gasteiger partial charge is 0.269 e. The lowest BCUT2D eigenvalue weighted by Crippen LogP contribution is -2.35. The number of fused-ring (bicyclic) bond motifs is 1. The number of nitro groups is 1. The van der Waals surface area contributed by atoms with E-state index in [-0.39, 0.29) is 11.5 Å². The lowest BCUT2D eigenvalue weighted by Gasteiger charge is -2.28. The van der Waals surface area contributed by atoms with Crippen LogP contribution < -0.4 is 20.1 Å². The van der Waals surface area contributed by atoms with E-state index in [1.807, 2.05) is 0 Å². The molecule has 2 aromatic carbocycles. The standard InChI is InChI=1S/C20H17N3O5/c1-12-21-11-16(19(22-12)13-2-5-15(6-3-13)23(25)26)20(24)14-4-7-17-18(10-14)28-9-8-27-17/h2-7,10-11,19,21-22H,1,8-9H2. The summed E-state index contributed by atoms with van der Waals surface area (Å²) < 4.78 is 11.1. The Kier molecular flexibility index (Phi) is 4.44. The van der Waals surface area contributed by atoms with E-state index in [2.05, 4.69) is 17.2 Å². The third-order valence-electron chi connectivity index (χ3n) is 4.54. The average Bonchev–Trinajstić information content (AvgIpc) is 2.73. The summed E-state index contributed by atoms with van der Waals surface area (Å²) in [6.45, 7) is 4.75. The summed E-state index contributed by atoms with van der Waals surface area (Å²) in [5.74, 6) is 1.47. The maximum atomic E-state index is 13.2. The van der Waals surface area contributed by atoms with Gasteiger partial charge in [0.25, 0.3) is 5.69 Å². The number of hydrogen-bond donors (Lipinski definition) is 2. The van der Waals surface area contributed by atoms with Crippen molar-refractivity contribution in [3.05, 3.63) is 87.9 Å². The predicted octanol–water partition coefficient (Wildman–Crippen LogP) is 2.84. The molecule has 28 heavy (non-hydrogen) atoms. The molecule has 1 atom stereocenters. The molecule has 0 amide bonds. The van der Waals surface area contributed by atoms with Crippen LogP contribution in [0.3, 0.4) is 0 Å². The number of rotatable bonds is 4. The number of nitro benzene ring substituents is 1. The minimum Gasteiger partial charge on any atom is -0.486 e. The van der Waals surface area contributed by atoms with Crippen LogP contribution in [0.15, 0.2) is 66.6 Å². The van der Waals surface area contributed by atoms with Crippen LogP contribution in [0.4, 0.5) is 5.69 Å². The third-order valence-corrected chi connectivity index (χ3v) is 4.54. The van der Waals surface area contributed by atoms with Crippen molar-refractivity contribution in [2.75, 3.05) is 13.2 Å². The number of non-ortho nitro benzene ring substituents is 1. The number of hydrogen-bond acceptors (Lipinski definition) is 7. The molecule has 2 aliphatic rings. The molecule has 8 nitrogen and oxygen atoms in total. The van der Waals surface area contributed by atoms with Gasteiger partial charge < -0.3 is 20.1 Å². The molecule has 0 fully saturated rings. The van der Waals surface area contributed by atoms with Gasteiger partial charge in [-0.05, 0) is 35.9 Å². The number of benzene rings is 2. The lowest BCUT2D eigenvalue weighted by molar-refractivity contribution is -0.384. The number of ketones is 1.